The van der Waals surface area contributed by atoms with E-state index in [9.17, 15) is 9.90 Å². The van der Waals surface area contributed by atoms with E-state index in [1.165, 1.54) is 12.8 Å². The summed E-state index contributed by atoms with van der Waals surface area (Å²) < 4.78 is 1.14. The minimum absolute atomic E-state index is 0.0588. The number of β-amino-alcohol motifs (C(OH)–C–C–N with tert-alkyl or cyclic N) is 1. The summed E-state index contributed by atoms with van der Waals surface area (Å²) in [5, 5.41) is 11.9. The zero-order chi connectivity index (χ0) is 15.9. The van der Waals surface area contributed by atoms with Gasteiger partial charge in [-0.05, 0) is 49.9 Å². The molecule has 0 spiro atoms. The van der Waals surface area contributed by atoms with Crippen LogP contribution in [0.5, 0.6) is 0 Å². The monoisotopic (exact) mass is 330 g/mol. The van der Waals surface area contributed by atoms with Crippen LogP contribution in [0.25, 0.3) is 10.1 Å². The molecule has 0 saturated carbocycles. The Kier molecular flexibility index (Phi) is 3.87. The summed E-state index contributed by atoms with van der Waals surface area (Å²) in [6.45, 7) is 3.95. The van der Waals surface area contributed by atoms with Crippen LogP contribution in [0, 0.1) is 0 Å². The lowest BCUT2D eigenvalue weighted by molar-refractivity contribution is 0.0176. The summed E-state index contributed by atoms with van der Waals surface area (Å²) in [7, 11) is 0. The van der Waals surface area contributed by atoms with Crippen LogP contribution in [-0.4, -0.2) is 59.1 Å². The Hall–Kier alpha value is -1.43. The van der Waals surface area contributed by atoms with Crippen LogP contribution in [0.4, 0.5) is 0 Å². The van der Waals surface area contributed by atoms with E-state index in [-0.39, 0.29) is 5.91 Å². The van der Waals surface area contributed by atoms with Crippen LogP contribution >= 0.6 is 11.3 Å². The van der Waals surface area contributed by atoms with Crippen LogP contribution in [0.15, 0.2) is 30.3 Å². The van der Waals surface area contributed by atoms with Gasteiger partial charge in [0.2, 0.25) is 0 Å². The molecule has 122 valence electrons. The van der Waals surface area contributed by atoms with Gasteiger partial charge in [-0.3, -0.25) is 4.79 Å². The molecule has 1 N–H and O–H groups in total. The largest absolute Gasteiger partial charge is 0.387 e. The third kappa shape index (κ3) is 3.01. The van der Waals surface area contributed by atoms with Crippen molar-refractivity contribution in [3.63, 3.8) is 0 Å². The Balaban J connectivity index is 1.46. The van der Waals surface area contributed by atoms with Gasteiger partial charge in [0.05, 0.1) is 17.0 Å². The highest BCUT2D eigenvalue weighted by Crippen LogP contribution is 2.30. The number of carbonyl (C=O) groups is 1. The molecule has 23 heavy (non-hydrogen) atoms. The van der Waals surface area contributed by atoms with Gasteiger partial charge < -0.3 is 14.9 Å². The molecule has 4 rings (SSSR count). The Morgan fingerprint density at radius 2 is 2.00 bits per heavy atom. The smallest absolute Gasteiger partial charge is 0.264 e. The maximum absolute atomic E-state index is 12.8. The first-order valence-electron chi connectivity index (χ1n) is 8.36. The predicted molar refractivity (Wildman–Crippen MR) is 93.0 cm³/mol. The number of amides is 1. The molecular formula is C18H22N2O2S. The molecule has 1 aromatic carbocycles. The zero-order valence-corrected chi connectivity index (χ0v) is 14.0. The number of likely N-dealkylation sites (tertiary alicyclic amines) is 2. The second-order valence-electron chi connectivity index (χ2n) is 6.83. The number of carbonyl (C=O) groups excluding carboxylic acids is 1. The summed E-state index contributed by atoms with van der Waals surface area (Å²) in [5.41, 5.74) is -0.739. The molecule has 2 fully saturated rings. The second kappa shape index (κ2) is 5.89. The first kappa shape index (κ1) is 15.1. The van der Waals surface area contributed by atoms with Crippen molar-refractivity contribution in [3.05, 3.63) is 35.2 Å². The lowest BCUT2D eigenvalue weighted by Crippen LogP contribution is -2.44. The van der Waals surface area contributed by atoms with E-state index in [1.807, 2.05) is 35.2 Å². The van der Waals surface area contributed by atoms with Crippen molar-refractivity contribution < 1.29 is 9.90 Å². The van der Waals surface area contributed by atoms with E-state index >= 15 is 0 Å². The molecule has 2 aliphatic heterocycles. The number of fused-ring (bicyclic) bond motifs is 1. The van der Waals surface area contributed by atoms with Crippen LogP contribution in [0.2, 0.25) is 0 Å². The Morgan fingerprint density at radius 1 is 1.22 bits per heavy atom. The fourth-order valence-corrected chi connectivity index (χ4v) is 4.79. The quantitative estimate of drug-likeness (QED) is 0.941. The minimum atomic E-state index is -0.739. The highest BCUT2D eigenvalue weighted by atomic mass is 32.1. The number of hydrogen-bond acceptors (Lipinski definition) is 4. The van der Waals surface area contributed by atoms with Crippen molar-refractivity contribution in [2.75, 3.05) is 32.7 Å². The zero-order valence-electron chi connectivity index (χ0n) is 13.2. The molecule has 3 heterocycles. The van der Waals surface area contributed by atoms with Crippen LogP contribution in [0.1, 0.15) is 28.9 Å². The number of hydrogen-bond donors (Lipinski definition) is 1. The highest BCUT2D eigenvalue weighted by Gasteiger charge is 2.40. The molecule has 0 radical (unpaired) electrons. The van der Waals surface area contributed by atoms with Crippen molar-refractivity contribution in [1.29, 1.82) is 0 Å². The molecule has 4 nitrogen and oxygen atoms in total. The fraction of sp³-hybridized carbons (Fsp3) is 0.500. The van der Waals surface area contributed by atoms with Gasteiger partial charge in [0, 0.05) is 17.8 Å². The Morgan fingerprint density at radius 3 is 2.78 bits per heavy atom. The van der Waals surface area contributed by atoms with E-state index in [0.717, 1.165) is 28.1 Å². The van der Waals surface area contributed by atoms with E-state index in [0.29, 0.717) is 26.1 Å². The maximum atomic E-state index is 12.8. The van der Waals surface area contributed by atoms with Crippen molar-refractivity contribution in [2.24, 2.45) is 0 Å². The SMILES string of the molecule is O=C(c1cc2ccccc2s1)N1CC[C@](O)(CN2CCCC2)C1. The molecule has 5 heteroatoms. The lowest BCUT2D eigenvalue weighted by Gasteiger charge is -2.28. The van der Waals surface area contributed by atoms with Gasteiger partial charge in [-0.25, -0.2) is 0 Å². The molecule has 0 unspecified atom stereocenters. The van der Waals surface area contributed by atoms with E-state index in [2.05, 4.69) is 4.90 Å². The molecule has 1 atom stereocenters. The molecule has 1 aromatic heterocycles. The van der Waals surface area contributed by atoms with Gasteiger partial charge in [-0.1, -0.05) is 18.2 Å². The summed E-state index contributed by atoms with van der Waals surface area (Å²) in [6.07, 6.45) is 3.13. The summed E-state index contributed by atoms with van der Waals surface area (Å²) >= 11 is 1.54. The molecule has 1 amide bonds. The van der Waals surface area contributed by atoms with E-state index in [4.69, 9.17) is 0 Å². The number of benzene rings is 1. The van der Waals surface area contributed by atoms with Crippen molar-refractivity contribution in [1.82, 2.24) is 9.80 Å². The first-order chi connectivity index (χ1) is 11.1. The first-order valence-corrected chi connectivity index (χ1v) is 9.17. The molecule has 0 aliphatic carbocycles. The minimum Gasteiger partial charge on any atom is -0.387 e. The predicted octanol–water partition coefficient (Wildman–Crippen LogP) is 2.57. The second-order valence-corrected chi connectivity index (χ2v) is 7.92. The molecule has 2 aromatic rings. The van der Waals surface area contributed by atoms with Crippen LogP contribution in [0.3, 0.4) is 0 Å². The average Bonchev–Trinajstić information content (AvgIpc) is 3.26. The van der Waals surface area contributed by atoms with Gasteiger partial charge in [0.25, 0.3) is 5.91 Å². The van der Waals surface area contributed by atoms with Crippen molar-refractivity contribution in [3.8, 4) is 0 Å². The van der Waals surface area contributed by atoms with Gasteiger partial charge in [0.15, 0.2) is 0 Å². The third-order valence-corrected chi connectivity index (χ3v) is 6.08. The van der Waals surface area contributed by atoms with Crippen molar-refractivity contribution in [2.45, 2.75) is 24.9 Å². The van der Waals surface area contributed by atoms with Crippen LogP contribution in [-0.2, 0) is 0 Å². The highest BCUT2D eigenvalue weighted by molar-refractivity contribution is 7.20. The topological polar surface area (TPSA) is 43.8 Å². The molecule has 2 aliphatic rings. The number of nitrogens with zero attached hydrogens (tertiary/aromatic N) is 2. The van der Waals surface area contributed by atoms with E-state index < -0.39 is 5.60 Å². The van der Waals surface area contributed by atoms with Gasteiger partial charge >= 0.3 is 0 Å². The number of aliphatic hydroxyl groups is 1. The third-order valence-electron chi connectivity index (χ3n) is 4.97. The van der Waals surface area contributed by atoms with Gasteiger partial charge in [0.1, 0.15) is 0 Å². The molecule has 2 saturated heterocycles. The normalized spacial score (nSPS) is 25.5. The standard InChI is InChI=1S/C18H22N2O2S/c21-17(16-11-14-5-1-2-6-15(14)23-16)20-10-7-18(22,13-20)12-19-8-3-4-9-19/h1-2,5-6,11,22H,3-4,7-10,12-13H2/t18-/m0/s1. The van der Waals surface area contributed by atoms with Gasteiger partial charge in [-0.15, -0.1) is 11.3 Å². The van der Waals surface area contributed by atoms with Crippen molar-refractivity contribution >= 4 is 27.3 Å². The summed E-state index contributed by atoms with van der Waals surface area (Å²) in [5.74, 6) is 0.0588. The van der Waals surface area contributed by atoms with E-state index in [1.54, 1.807) is 11.3 Å². The summed E-state index contributed by atoms with van der Waals surface area (Å²) in [6, 6.07) is 10.0. The Bertz CT molecular complexity index is 690. The average molecular weight is 330 g/mol. The molecule has 0 bridgehead atoms. The maximum Gasteiger partial charge on any atom is 0.264 e. The fourth-order valence-electron chi connectivity index (χ4n) is 3.76. The summed E-state index contributed by atoms with van der Waals surface area (Å²) in [4.78, 5) is 17.7. The van der Waals surface area contributed by atoms with Crippen LogP contribution < -0.4 is 0 Å². The molecular weight excluding hydrogens is 308 g/mol. The van der Waals surface area contributed by atoms with Gasteiger partial charge in [-0.2, -0.15) is 0 Å². The lowest BCUT2D eigenvalue weighted by atomic mass is 10.0. The Labute approximate surface area is 140 Å². The number of rotatable bonds is 3. The number of thiophene rings is 1.